The van der Waals surface area contributed by atoms with E-state index in [1.165, 1.54) is 0 Å². The van der Waals surface area contributed by atoms with Crippen LogP contribution in [0.15, 0.2) is 48.5 Å². The molecule has 5 heteroatoms. The molecule has 0 saturated carbocycles. The molecule has 2 aromatic rings. The summed E-state index contributed by atoms with van der Waals surface area (Å²) in [7, 11) is 0. The predicted molar refractivity (Wildman–Crippen MR) is 104 cm³/mol. The molecule has 2 N–H and O–H groups in total. The van der Waals surface area contributed by atoms with Crippen molar-refractivity contribution in [1.82, 2.24) is 0 Å². The summed E-state index contributed by atoms with van der Waals surface area (Å²) >= 11 is 0. The SMILES string of the molecule is CCC(Oc1cccc(C)c1)C(=O)Nc1cccc(NC(=O)C(C)C)c1. The summed E-state index contributed by atoms with van der Waals surface area (Å²) in [6, 6.07) is 14.7. The van der Waals surface area contributed by atoms with Crippen LogP contribution in [0, 0.1) is 12.8 Å². The molecule has 1 unspecified atom stereocenters. The molecule has 2 amide bonds. The van der Waals surface area contributed by atoms with Crippen molar-refractivity contribution in [2.24, 2.45) is 5.92 Å². The standard InChI is InChI=1S/C21H26N2O3/c1-5-19(26-18-11-6-8-15(4)12-18)21(25)23-17-10-7-9-16(13-17)22-20(24)14(2)3/h6-14,19H,5H2,1-4H3,(H,22,24)(H,23,25). The van der Waals surface area contributed by atoms with E-state index >= 15 is 0 Å². The highest BCUT2D eigenvalue weighted by Crippen LogP contribution is 2.19. The second-order valence-electron chi connectivity index (χ2n) is 6.55. The topological polar surface area (TPSA) is 67.4 Å². The molecule has 0 spiro atoms. The fourth-order valence-electron chi connectivity index (χ4n) is 2.36. The van der Waals surface area contributed by atoms with Crippen LogP contribution in [-0.2, 0) is 9.59 Å². The Morgan fingerprint density at radius 1 is 0.962 bits per heavy atom. The average molecular weight is 354 g/mol. The van der Waals surface area contributed by atoms with Gasteiger partial charge in [0.2, 0.25) is 5.91 Å². The van der Waals surface area contributed by atoms with Crippen molar-refractivity contribution in [3.8, 4) is 5.75 Å². The first-order chi connectivity index (χ1) is 12.4. The molecular weight excluding hydrogens is 328 g/mol. The van der Waals surface area contributed by atoms with Crippen molar-refractivity contribution in [1.29, 1.82) is 0 Å². The molecule has 0 aliphatic carbocycles. The van der Waals surface area contributed by atoms with Gasteiger partial charge in [-0.2, -0.15) is 0 Å². The third-order valence-corrected chi connectivity index (χ3v) is 3.85. The maximum Gasteiger partial charge on any atom is 0.265 e. The third kappa shape index (κ3) is 5.62. The van der Waals surface area contributed by atoms with Gasteiger partial charge in [-0.3, -0.25) is 9.59 Å². The molecule has 0 aliphatic heterocycles. The summed E-state index contributed by atoms with van der Waals surface area (Å²) in [6.07, 6.45) is -0.0467. The Balaban J connectivity index is 2.04. The quantitative estimate of drug-likeness (QED) is 0.775. The molecule has 0 fully saturated rings. The summed E-state index contributed by atoms with van der Waals surface area (Å²) < 4.78 is 5.82. The van der Waals surface area contributed by atoms with Gasteiger partial charge >= 0.3 is 0 Å². The third-order valence-electron chi connectivity index (χ3n) is 3.85. The predicted octanol–water partition coefficient (Wildman–Crippen LogP) is 4.39. The minimum absolute atomic E-state index is 0.0670. The lowest BCUT2D eigenvalue weighted by atomic mass is 10.2. The van der Waals surface area contributed by atoms with E-state index in [0.29, 0.717) is 23.5 Å². The highest BCUT2D eigenvalue weighted by molar-refractivity contribution is 5.96. The van der Waals surface area contributed by atoms with Gasteiger partial charge in [0, 0.05) is 17.3 Å². The first kappa shape index (κ1) is 19.5. The molecule has 138 valence electrons. The maximum absolute atomic E-state index is 12.6. The van der Waals surface area contributed by atoms with Gasteiger partial charge in [-0.15, -0.1) is 0 Å². The number of carbonyl (C=O) groups excluding carboxylic acids is 2. The molecule has 0 aliphatic rings. The first-order valence-corrected chi connectivity index (χ1v) is 8.84. The van der Waals surface area contributed by atoms with E-state index in [2.05, 4.69) is 10.6 Å². The normalized spacial score (nSPS) is 11.7. The number of ether oxygens (including phenoxy) is 1. The molecule has 0 heterocycles. The lowest BCUT2D eigenvalue weighted by Crippen LogP contribution is -2.32. The zero-order chi connectivity index (χ0) is 19.1. The van der Waals surface area contributed by atoms with Gasteiger partial charge in [0.15, 0.2) is 6.10 Å². The fourth-order valence-corrected chi connectivity index (χ4v) is 2.36. The molecule has 2 rings (SSSR count). The summed E-state index contributed by atoms with van der Waals surface area (Å²) in [6.45, 7) is 7.54. The Labute approximate surface area is 154 Å². The van der Waals surface area contributed by atoms with Gasteiger partial charge in [-0.1, -0.05) is 39.0 Å². The Hall–Kier alpha value is -2.82. The minimum Gasteiger partial charge on any atom is -0.481 e. The zero-order valence-corrected chi connectivity index (χ0v) is 15.7. The lowest BCUT2D eigenvalue weighted by Gasteiger charge is -2.18. The van der Waals surface area contributed by atoms with Crippen molar-refractivity contribution in [3.05, 3.63) is 54.1 Å². The summed E-state index contributed by atoms with van der Waals surface area (Å²) in [5.41, 5.74) is 2.34. The average Bonchev–Trinajstić information content (AvgIpc) is 2.59. The van der Waals surface area contributed by atoms with Crippen LogP contribution in [0.4, 0.5) is 11.4 Å². The smallest absolute Gasteiger partial charge is 0.265 e. The Bertz CT molecular complexity index is 771. The van der Waals surface area contributed by atoms with Crippen LogP contribution in [0.1, 0.15) is 32.8 Å². The molecule has 5 nitrogen and oxygen atoms in total. The van der Waals surface area contributed by atoms with Crippen LogP contribution in [0.25, 0.3) is 0 Å². The molecular formula is C21H26N2O3. The van der Waals surface area contributed by atoms with E-state index < -0.39 is 6.10 Å². The number of amides is 2. The number of benzene rings is 2. The highest BCUT2D eigenvalue weighted by atomic mass is 16.5. The van der Waals surface area contributed by atoms with E-state index in [-0.39, 0.29) is 17.7 Å². The summed E-state index contributed by atoms with van der Waals surface area (Å²) in [5.74, 6) is 0.273. The highest BCUT2D eigenvalue weighted by Gasteiger charge is 2.19. The van der Waals surface area contributed by atoms with E-state index in [1.807, 2.05) is 52.0 Å². The lowest BCUT2D eigenvalue weighted by molar-refractivity contribution is -0.122. The summed E-state index contributed by atoms with van der Waals surface area (Å²) in [4.78, 5) is 24.4. The number of hydrogen-bond donors (Lipinski definition) is 2. The Kier molecular flexibility index (Phi) is 6.78. The molecule has 1 atom stereocenters. The van der Waals surface area contributed by atoms with Gasteiger partial charge in [0.25, 0.3) is 5.91 Å². The van der Waals surface area contributed by atoms with Crippen LogP contribution in [0.3, 0.4) is 0 Å². The van der Waals surface area contributed by atoms with E-state index in [4.69, 9.17) is 4.74 Å². The monoisotopic (exact) mass is 354 g/mol. The van der Waals surface area contributed by atoms with Crippen LogP contribution >= 0.6 is 0 Å². The maximum atomic E-state index is 12.6. The molecule has 2 aromatic carbocycles. The summed E-state index contributed by atoms with van der Waals surface area (Å²) in [5, 5.41) is 5.68. The fraction of sp³-hybridized carbons (Fsp3) is 0.333. The number of hydrogen-bond acceptors (Lipinski definition) is 3. The van der Waals surface area contributed by atoms with Gasteiger partial charge in [0.05, 0.1) is 0 Å². The van der Waals surface area contributed by atoms with E-state index in [1.54, 1.807) is 24.3 Å². The number of rotatable bonds is 7. The number of anilines is 2. The molecule has 0 saturated heterocycles. The number of carbonyl (C=O) groups is 2. The first-order valence-electron chi connectivity index (χ1n) is 8.84. The van der Waals surface area contributed by atoms with Crippen molar-refractivity contribution >= 4 is 23.2 Å². The minimum atomic E-state index is -0.592. The van der Waals surface area contributed by atoms with Crippen LogP contribution in [-0.4, -0.2) is 17.9 Å². The van der Waals surface area contributed by atoms with Crippen molar-refractivity contribution < 1.29 is 14.3 Å². The second-order valence-corrected chi connectivity index (χ2v) is 6.55. The van der Waals surface area contributed by atoms with Gasteiger partial charge < -0.3 is 15.4 Å². The molecule has 0 bridgehead atoms. The van der Waals surface area contributed by atoms with Crippen LogP contribution in [0.5, 0.6) is 5.75 Å². The van der Waals surface area contributed by atoms with Crippen molar-refractivity contribution in [2.45, 2.75) is 40.2 Å². The molecule has 26 heavy (non-hydrogen) atoms. The zero-order valence-electron chi connectivity index (χ0n) is 15.7. The van der Waals surface area contributed by atoms with E-state index in [0.717, 1.165) is 5.56 Å². The van der Waals surface area contributed by atoms with Crippen LogP contribution < -0.4 is 15.4 Å². The largest absolute Gasteiger partial charge is 0.481 e. The second kappa shape index (κ2) is 9.04. The number of aryl methyl sites for hydroxylation is 1. The van der Waals surface area contributed by atoms with Gasteiger partial charge in [-0.05, 0) is 49.2 Å². The van der Waals surface area contributed by atoms with E-state index in [9.17, 15) is 9.59 Å². The van der Waals surface area contributed by atoms with Gasteiger partial charge in [0.1, 0.15) is 5.75 Å². The van der Waals surface area contributed by atoms with Crippen molar-refractivity contribution in [2.75, 3.05) is 10.6 Å². The number of nitrogens with one attached hydrogen (secondary N) is 2. The van der Waals surface area contributed by atoms with Crippen LogP contribution in [0.2, 0.25) is 0 Å². The Morgan fingerprint density at radius 2 is 1.58 bits per heavy atom. The van der Waals surface area contributed by atoms with Gasteiger partial charge in [-0.25, -0.2) is 0 Å². The van der Waals surface area contributed by atoms with Crippen molar-refractivity contribution in [3.63, 3.8) is 0 Å². The Morgan fingerprint density at radius 3 is 2.15 bits per heavy atom. The molecule has 0 aromatic heterocycles. The molecule has 0 radical (unpaired) electrons.